The van der Waals surface area contributed by atoms with Crippen LogP contribution in [0.5, 0.6) is 5.75 Å². The number of aryl methyl sites for hydroxylation is 1. The Morgan fingerprint density at radius 1 is 1.03 bits per heavy atom. The van der Waals surface area contributed by atoms with E-state index in [1.165, 1.54) is 0 Å². The Kier molecular flexibility index (Phi) is 7.81. The van der Waals surface area contributed by atoms with Crippen molar-refractivity contribution < 1.29 is 14.3 Å². The van der Waals surface area contributed by atoms with Gasteiger partial charge in [0.15, 0.2) is 5.78 Å². The minimum Gasteiger partial charge on any atom is -0.497 e. The summed E-state index contributed by atoms with van der Waals surface area (Å²) in [6.45, 7) is 7.98. The van der Waals surface area contributed by atoms with Crippen molar-refractivity contribution >= 4 is 28.3 Å². The third kappa shape index (κ3) is 5.93. The third-order valence-corrected chi connectivity index (χ3v) is 7.70. The van der Waals surface area contributed by atoms with Crippen LogP contribution in [0.3, 0.4) is 0 Å². The molecular formula is C28H36ClN3O3. The molecule has 2 aliphatic carbocycles. The molecule has 1 saturated heterocycles. The Bertz CT molecular complexity index is 1110. The van der Waals surface area contributed by atoms with Crippen LogP contribution in [0.1, 0.15) is 42.5 Å². The van der Waals surface area contributed by atoms with Gasteiger partial charge in [0.25, 0.3) is 0 Å². The highest BCUT2D eigenvalue weighted by Gasteiger charge is 2.32. The van der Waals surface area contributed by atoms with Crippen LogP contribution in [0, 0.1) is 5.92 Å². The summed E-state index contributed by atoms with van der Waals surface area (Å²) in [5, 5.41) is 1.94. The molecule has 0 spiro atoms. The average Bonchev–Trinajstić information content (AvgIpc) is 3.67. The molecule has 1 aromatic carbocycles. The summed E-state index contributed by atoms with van der Waals surface area (Å²) in [5.74, 6) is 2.40. The van der Waals surface area contributed by atoms with E-state index in [1.807, 2.05) is 24.3 Å². The number of ketones is 1. The van der Waals surface area contributed by atoms with Gasteiger partial charge in [-0.1, -0.05) is 23.7 Å². The zero-order valence-corrected chi connectivity index (χ0v) is 21.4. The summed E-state index contributed by atoms with van der Waals surface area (Å²) in [6.07, 6.45) is 10.9. The second kappa shape index (κ2) is 11.2. The lowest BCUT2D eigenvalue weighted by atomic mass is 10.1. The molecule has 0 bridgehead atoms. The monoisotopic (exact) mass is 497 g/mol. The molecule has 1 aromatic heterocycles. The van der Waals surface area contributed by atoms with Gasteiger partial charge in [-0.15, -0.1) is 0 Å². The Morgan fingerprint density at radius 2 is 1.80 bits per heavy atom. The number of allylic oxidation sites excluding steroid dienone is 4. The molecule has 188 valence electrons. The van der Waals surface area contributed by atoms with Gasteiger partial charge in [-0.25, -0.2) is 0 Å². The molecule has 3 aliphatic rings. The number of carbonyl (C=O) groups excluding carboxylic acids is 1. The highest BCUT2D eigenvalue weighted by atomic mass is 35.5. The number of Topliss-reactive ketones (excluding diaryl/α,β-unsaturated/α-hetero) is 1. The van der Waals surface area contributed by atoms with E-state index in [4.69, 9.17) is 21.1 Å². The summed E-state index contributed by atoms with van der Waals surface area (Å²) in [7, 11) is 1.71. The average molecular weight is 498 g/mol. The Balaban J connectivity index is 1.09. The van der Waals surface area contributed by atoms with Gasteiger partial charge in [-0.3, -0.25) is 9.69 Å². The molecule has 6 nitrogen and oxygen atoms in total. The van der Waals surface area contributed by atoms with Crippen molar-refractivity contribution in [2.24, 2.45) is 5.92 Å². The molecule has 5 rings (SSSR count). The highest BCUT2D eigenvalue weighted by Crippen LogP contribution is 2.37. The molecule has 2 aromatic rings. The van der Waals surface area contributed by atoms with Crippen LogP contribution in [0.15, 0.2) is 47.3 Å². The standard InChI is InChI=1S/C28H36ClN3O3/c1-34-26-5-2-4-24-25(28(33)21-6-7-21)20-32(27(24)26)13-3-12-30-14-16-31(17-15-30)18-19-35-23-10-8-22(29)9-11-23/h2,4-5,8,10,20-21H,3,6-7,9,11-19H2,1H3. The van der Waals surface area contributed by atoms with Crippen LogP contribution < -0.4 is 4.74 Å². The molecule has 0 N–H and O–H groups in total. The normalized spacial score (nSPS) is 19.5. The molecule has 35 heavy (non-hydrogen) atoms. The number of ether oxygens (including phenoxy) is 2. The first kappa shape index (κ1) is 24.4. The number of halogens is 1. The molecule has 0 radical (unpaired) electrons. The number of fused-ring (bicyclic) bond motifs is 1. The van der Waals surface area contributed by atoms with Crippen molar-refractivity contribution in [3.63, 3.8) is 0 Å². The van der Waals surface area contributed by atoms with E-state index >= 15 is 0 Å². The minimum atomic E-state index is 0.219. The number of methoxy groups -OCH3 is 1. The topological polar surface area (TPSA) is 46.9 Å². The van der Waals surface area contributed by atoms with Gasteiger partial charge in [-0.2, -0.15) is 0 Å². The number of benzene rings is 1. The Hall–Kier alpha value is -2.28. The largest absolute Gasteiger partial charge is 0.497 e. The number of piperazine rings is 1. The van der Waals surface area contributed by atoms with E-state index in [1.54, 1.807) is 7.11 Å². The van der Waals surface area contributed by atoms with Crippen molar-refractivity contribution in [3.05, 3.63) is 52.9 Å². The molecule has 1 saturated carbocycles. The van der Waals surface area contributed by atoms with Gasteiger partial charge in [-0.05, 0) is 50.4 Å². The van der Waals surface area contributed by atoms with E-state index in [-0.39, 0.29) is 5.92 Å². The van der Waals surface area contributed by atoms with Crippen LogP contribution in [0.2, 0.25) is 0 Å². The maximum absolute atomic E-state index is 12.9. The number of hydrogen-bond acceptors (Lipinski definition) is 5. The second-order valence-corrected chi connectivity index (χ2v) is 10.3. The maximum atomic E-state index is 12.9. The Labute approximate surface area is 213 Å². The molecule has 0 amide bonds. The number of para-hydroxylation sites is 1. The predicted molar refractivity (Wildman–Crippen MR) is 140 cm³/mol. The smallest absolute Gasteiger partial charge is 0.168 e. The summed E-state index contributed by atoms with van der Waals surface area (Å²) < 4.78 is 13.8. The van der Waals surface area contributed by atoms with Crippen molar-refractivity contribution in [2.75, 3.05) is 53.0 Å². The summed E-state index contributed by atoms with van der Waals surface area (Å²) >= 11 is 6.02. The van der Waals surface area contributed by atoms with Crippen LogP contribution in [0.25, 0.3) is 10.9 Å². The van der Waals surface area contributed by atoms with E-state index in [2.05, 4.69) is 26.6 Å². The van der Waals surface area contributed by atoms with E-state index in [0.717, 1.165) is 118 Å². The lowest BCUT2D eigenvalue weighted by molar-refractivity contribution is 0.0969. The first-order chi connectivity index (χ1) is 17.1. The van der Waals surface area contributed by atoms with Gasteiger partial charge in [0.05, 0.1) is 18.4 Å². The van der Waals surface area contributed by atoms with Gasteiger partial charge >= 0.3 is 0 Å². The molecule has 0 atom stereocenters. The fraction of sp³-hybridized carbons (Fsp3) is 0.536. The Morgan fingerprint density at radius 3 is 2.49 bits per heavy atom. The number of carbonyl (C=O) groups is 1. The van der Waals surface area contributed by atoms with Crippen LogP contribution in [-0.2, 0) is 11.3 Å². The minimum absolute atomic E-state index is 0.219. The van der Waals surface area contributed by atoms with Gasteiger partial charge in [0.1, 0.15) is 12.4 Å². The van der Waals surface area contributed by atoms with Crippen molar-refractivity contribution in [2.45, 2.75) is 38.6 Å². The zero-order chi connectivity index (χ0) is 24.2. The number of aromatic nitrogens is 1. The summed E-state index contributed by atoms with van der Waals surface area (Å²) in [6, 6.07) is 6.03. The van der Waals surface area contributed by atoms with Gasteiger partial charge in [0.2, 0.25) is 0 Å². The molecule has 0 unspecified atom stereocenters. The summed E-state index contributed by atoms with van der Waals surface area (Å²) in [4.78, 5) is 17.9. The van der Waals surface area contributed by atoms with Gasteiger partial charge < -0.3 is 18.9 Å². The SMILES string of the molecule is COc1cccc2c(C(=O)C3CC3)cn(CCCN3CCN(CCOC4=CC=C(Cl)CC4)CC3)c12. The molecule has 1 aliphatic heterocycles. The number of rotatable bonds is 11. The summed E-state index contributed by atoms with van der Waals surface area (Å²) in [5.41, 5.74) is 1.91. The first-order valence-electron chi connectivity index (χ1n) is 12.9. The third-order valence-electron chi connectivity index (χ3n) is 7.39. The number of nitrogens with zero attached hydrogens (tertiary/aromatic N) is 3. The van der Waals surface area contributed by atoms with Crippen molar-refractivity contribution in [3.8, 4) is 5.75 Å². The fourth-order valence-corrected chi connectivity index (χ4v) is 5.31. The van der Waals surface area contributed by atoms with E-state index in [9.17, 15) is 4.79 Å². The van der Waals surface area contributed by atoms with Crippen molar-refractivity contribution in [1.82, 2.24) is 14.4 Å². The van der Waals surface area contributed by atoms with E-state index < -0.39 is 0 Å². The molecule has 7 heteroatoms. The lowest BCUT2D eigenvalue weighted by Gasteiger charge is -2.34. The van der Waals surface area contributed by atoms with Crippen molar-refractivity contribution in [1.29, 1.82) is 0 Å². The second-order valence-electron chi connectivity index (χ2n) is 9.86. The lowest BCUT2D eigenvalue weighted by Crippen LogP contribution is -2.47. The van der Waals surface area contributed by atoms with Crippen LogP contribution >= 0.6 is 11.6 Å². The number of hydrogen-bond donors (Lipinski definition) is 0. The quantitative estimate of drug-likeness (QED) is 0.406. The van der Waals surface area contributed by atoms with Crippen LogP contribution in [0.4, 0.5) is 0 Å². The van der Waals surface area contributed by atoms with E-state index in [0.29, 0.717) is 5.78 Å². The molecular weight excluding hydrogens is 462 g/mol. The first-order valence-corrected chi connectivity index (χ1v) is 13.3. The van der Waals surface area contributed by atoms with Gasteiger partial charge in [0, 0.05) is 73.8 Å². The predicted octanol–water partition coefficient (Wildman–Crippen LogP) is 5.07. The zero-order valence-electron chi connectivity index (χ0n) is 20.7. The highest BCUT2D eigenvalue weighted by molar-refractivity contribution is 6.29. The molecule has 2 fully saturated rings. The van der Waals surface area contributed by atoms with Crippen LogP contribution in [-0.4, -0.2) is 73.1 Å². The maximum Gasteiger partial charge on any atom is 0.168 e. The fourth-order valence-electron chi connectivity index (χ4n) is 5.15. The molecule has 2 heterocycles.